The van der Waals surface area contributed by atoms with Gasteiger partial charge in [0.05, 0.1) is 14.2 Å². The van der Waals surface area contributed by atoms with E-state index in [1.54, 1.807) is 0 Å². The van der Waals surface area contributed by atoms with E-state index in [1.165, 1.54) is 13.8 Å². The summed E-state index contributed by atoms with van der Waals surface area (Å²) in [7, 11) is 2.23. The van der Waals surface area contributed by atoms with Crippen molar-refractivity contribution >= 4 is 17.8 Å². The van der Waals surface area contributed by atoms with Gasteiger partial charge in [-0.3, -0.25) is 4.79 Å². The van der Waals surface area contributed by atoms with Crippen LogP contribution >= 0.6 is 0 Å². The van der Waals surface area contributed by atoms with Gasteiger partial charge in [-0.25, -0.2) is 9.59 Å². The van der Waals surface area contributed by atoms with E-state index in [0.717, 1.165) is 14.2 Å². The smallest absolute Gasteiger partial charge is 0.343 e. The van der Waals surface area contributed by atoms with E-state index in [2.05, 4.69) is 14.8 Å². The Morgan fingerprint density at radius 2 is 1.43 bits per heavy atom. The van der Waals surface area contributed by atoms with Crippen molar-refractivity contribution in [3.63, 3.8) is 0 Å². The van der Waals surface area contributed by atoms with Crippen LogP contribution in [0, 0.1) is 0 Å². The van der Waals surface area contributed by atoms with Crippen molar-refractivity contribution in [2.24, 2.45) is 0 Å². The second kappa shape index (κ2) is 4.59. The molecule has 6 nitrogen and oxygen atoms in total. The number of amides is 1. The summed E-state index contributed by atoms with van der Waals surface area (Å²) in [5.74, 6) is -2.28. The second-order valence-corrected chi connectivity index (χ2v) is 2.79. The maximum Gasteiger partial charge on any atom is 0.343 e. The molecule has 0 aromatic rings. The zero-order chi connectivity index (χ0) is 11.4. The van der Waals surface area contributed by atoms with Crippen LogP contribution in [0.4, 0.5) is 0 Å². The third kappa shape index (κ3) is 2.45. The fraction of sp³-hybridized carbons (Fsp3) is 0.625. The minimum Gasteiger partial charge on any atom is -0.467 e. The third-order valence-corrected chi connectivity index (χ3v) is 1.61. The van der Waals surface area contributed by atoms with Gasteiger partial charge < -0.3 is 14.8 Å². The maximum absolute atomic E-state index is 11.2. The molecule has 0 bridgehead atoms. The van der Waals surface area contributed by atoms with Crippen LogP contribution in [0.25, 0.3) is 0 Å². The molecule has 0 spiro atoms. The third-order valence-electron chi connectivity index (χ3n) is 1.61. The Kier molecular flexibility index (Phi) is 4.07. The van der Waals surface area contributed by atoms with Crippen molar-refractivity contribution in [1.82, 2.24) is 5.32 Å². The molecule has 0 aliphatic carbocycles. The Balaban J connectivity index is 4.93. The van der Waals surface area contributed by atoms with Gasteiger partial charge in [-0.2, -0.15) is 0 Å². The van der Waals surface area contributed by atoms with Gasteiger partial charge in [-0.15, -0.1) is 0 Å². The predicted octanol–water partition coefficient (Wildman–Crippen LogP) is -0.773. The van der Waals surface area contributed by atoms with Gasteiger partial charge in [0.15, 0.2) is 0 Å². The van der Waals surface area contributed by atoms with Gasteiger partial charge in [0.25, 0.3) is 0 Å². The summed E-state index contributed by atoms with van der Waals surface area (Å²) in [5, 5.41) is 2.17. The standard InChI is InChI=1S/C8H13NO5/c1-5(10)9-8(2,6(11)13-3)7(12)14-4/h1-4H3,(H,9,10). The number of carbonyl (C=O) groups is 3. The fourth-order valence-corrected chi connectivity index (χ4v) is 0.946. The SMILES string of the molecule is COC(=O)C(C)(NC(C)=O)C(=O)OC. The molecule has 0 rings (SSSR count). The Morgan fingerprint density at radius 1 is 1.07 bits per heavy atom. The molecule has 14 heavy (non-hydrogen) atoms. The number of hydrogen-bond acceptors (Lipinski definition) is 5. The first-order chi connectivity index (χ1) is 6.38. The highest BCUT2D eigenvalue weighted by molar-refractivity contribution is 6.07. The van der Waals surface area contributed by atoms with E-state index in [0.29, 0.717) is 0 Å². The van der Waals surface area contributed by atoms with Crippen LogP contribution in [-0.2, 0) is 23.9 Å². The molecule has 0 heterocycles. The summed E-state index contributed by atoms with van der Waals surface area (Å²) in [6, 6.07) is 0. The van der Waals surface area contributed by atoms with Crippen LogP contribution in [0.2, 0.25) is 0 Å². The molecule has 0 atom stereocenters. The summed E-state index contributed by atoms with van der Waals surface area (Å²) in [4.78, 5) is 33.2. The van der Waals surface area contributed by atoms with Crippen molar-refractivity contribution < 1.29 is 23.9 Å². The van der Waals surface area contributed by atoms with Gasteiger partial charge in [0.2, 0.25) is 11.4 Å². The zero-order valence-corrected chi connectivity index (χ0v) is 8.54. The van der Waals surface area contributed by atoms with Crippen LogP contribution in [0.15, 0.2) is 0 Å². The molecule has 0 saturated carbocycles. The number of hydrogen-bond donors (Lipinski definition) is 1. The van der Waals surface area contributed by atoms with E-state index in [9.17, 15) is 14.4 Å². The molecule has 0 aliphatic heterocycles. The van der Waals surface area contributed by atoms with E-state index >= 15 is 0 Å². The number of methoxy groups -OCH3 is 2. The van der Waals surface area contributed by atoms with Crippen molar-refractivity contribution in [1.29, 1.82) is 0 Å². The first kappa shape index (κ1) is 12.4. The molecule has 0 aromatic carbocycles. The monoisotopic (exact) mass is 203 g/mol. The van der Waals surface area contributed by atoms with Crippen molar-refractivity contribution in [2.75, 3.05) is 14.2 Å². The molecular weight excluding hydrogens is 190 g/mol. The normalized spacial score (nSPS) is 10.3. The molecule has 80 valence electrons. The Morgan fingerprint density at radius 3 is 1.64 bits per heavy atom. The van der Waals surface area contributed by atoms with Crippen LogP contribution in [0.5, 0.6) is 0 Å². The highest BCUT2D eigenvalue weighted by atomic mass is 16.5. The second-order valence-electron chi connectivity index (χ2n) is 2.79. The van der Waals surface area contributed by atoms with Gasteiger partial charge in [0.1, 0.15) is 0 Å². The molecule has 1 amide bonds. The van der Waals surface area contributed by atoms with Crippen molar-refractivity contribution in [3.05, 3.63) is 0 Å². The molecule has 0 unspecified atom stereocenters. The molecule has 0 aliphatic rings. The van der Waals surface area contributed by atoms with Crippen LogP contribution in [0.1, 0.15) is 13.8 Å². The van der Waals surface area contributed by atoms with Crippen LogP contribution < -0.4 is 5.32 Å². The van der Waals surface area contributed by atoms with E-state index < -0.39 is 23.4 Å². The maximum atomic E-state index is 11.2. The number of esters is 2. The lowest BCUT2D eigenvalue weighted by Crippen LogP contribution is -2.58. The number of rotatable bonds is 3. The topological polar surface area (TPSA) is 81.7 Å². The largest absolute Gasteiger partial charge is 0.467 e. The average Bonchev–Trinajstić information content (AvgIpc) is 2.13. The van der Waals surface area contributed by atoms with Gasteiger partial charge >= 0.3 is 11.9 Å². The Labute approximate surface area is 81.6 Å². The lowest BCUT2D eigenvalue weighted by atomic mass is 10.0. The van der Waals surface area contributed by atoms with Crippen molar-refractivity contribution in [3.8, 4) is 0 Å². The summed E-state index contributed by atoms with van der Waals surface area (Å²) in [6.45, 7) is 2.40. The predicted molar refractivity (Wildman–Crippen MR) is 46.3 cm³/mol. The fourth-order valence-electron chi connectivity index (χ4n) is 0.946. The Bertz CT molecular complexity index is 244. The molecule has 0 radical (unpaired) electrons. The minimum atomic E-state index is -1.78. The molecule has 1 N–H and O–H groups in total. The molecule has 6 heteroatoms. The zero-order valence-electron chi connectivity index (χ0n) is 8.54. The highest BCUT2D eigenvalue weighted by Gasteiger charge is 2.44. The minimum absolute atomic E-state index is 0.525. The average molecular weight is 203 g/mol. The summed E-state index contributed by atoms with van der Waals surface area (Å²) in [5.41, 5.74) is -1.78. The number of nitrogens with one attached hydrogen (secondary N) is 1. The first-order valence-corrected chi connectivity index (χ1v) is 3.84. The van der Waals surface area contributed by atoms with E-state index in [4.69, 9.17) is 0 Å². The number of ether oxygens (including phenoxy) is 2. The van der Waals surface area contributed by atoms with Gasteiger partial charge in [-0.1, -0.05) is 0 Å². The molecule has 0 saturated heterocycles. The van der Waals surface area contributed by atoms with Crippen LogP contribution in [0.3, 0.4) is 0 Å². The Hall–Kier alpha value is -1.59. The van der Waals surface area contributed by atoms with E-state index in [-0.39, 0.29) is 0 Å². The highest BCUT2D eigenvalue weighted by Crippen LogP contribution is 2.08. The molecule has 0 aromatic heterocycles. The van der Waals surface area contributed by atoms with Crippen molar-refractivity contribution in [2.45, 2.75) is 19.4 Å². The lowest BCUT2D eigenvalue weighted by molar-refractivity contribution is -0.164. The summed E-state index contributed by atoms with van der Waals surface area (Å²) in [6.07, 6.45) is 0. The lowest BCUT2D eigenvalue weighted by Gasteiger charge is -2.23. The van der Waals surface area contributed by atoms with Gasteiger partial charge in [-0.05, 0) is 6.92 Å². The van der Waals surface area contributed by atoms with Crippen LogP contribution in [-0.4, -0.2) is 37.6 Å². The number of carbonyl (C=O) groups excluding carboxylic acids is 3. The molecular formula is C8H13NO5. The summed E-state index contributed by atoms with van der Waals surface area (Å²) < 4.78 is 8.77. The first-order valence-electron chi connectivity index (χ1n) is 3.84. The van der Waals surface area contributed by atoms with E-state index in [1.807, 2.05) is 0 Å². The quantitative estimate of drug-likeness (QED) is 0.481. The summed E-state index contributed by atoms with van der Waals surface area (Å²) >= 11 is 0. The molecule has 0 fully saturated rings. The van der Waals surface area contributed by atoms with Gasteiger partial charge in [0, 0.05) is 6.92 Å².